The molecule has 0 atom stereocenters. The van der Waals surface area contributed by atoms with Crippen LogP contribution >= 0.6 is 0 Å². The fourth-order valence-electron chi connectivity index (χ4n) is 3.84. The first kappa shape index (κ1) is 29.7. The first-order valence-electron chi connectivity index (χ1n) is 11.7. The minimum atomic E-state index is -1.40. The van der Waals surface area contributed by atoms with Gasteiger partial charge in [-0.25, -0.2) is 14.4 Å². The highest BCUT2D eigenvalue weighted by Crippen LogP contribution is 2.37. The Kier molecular flexibility index (Phi) is 8.90. The second kappa shape index (κ2) is 12.3. The van der Waals surface area contributed by atoms with Gasteiger partial charge in [-0.2, -0.15) is 5.26 Å². The Labute approximate surface area is 234 Å². The summed E-state index contributed by atoms with van der Waals surface area (Å²) in [6.45, 7) is 0. The molecule has 3 rings (SSSR count). The van der Waals surface area contributed by atoms with E-state index in [9.17, 15) is 29.4 Å². The summed E-state index contributed by atoms with van der Waals surface area (Å²) in [5.41, 5.74) is 0.103. The molecule has 3 amide bonds. The monoisotopic (exact) mass is 559 g/mol. The Morgan fingerprint density at radius 1 is 0.902 bits per heavy atom. The Hall–Kier alpha value is -5.90. The van der Waals surface area contributed by atoms with E-state index >= 15 is 0 Å². The number of anilines is 3. The molecule has 0 heterocycles. The predicted molar refractivity (Wildman–Crippen MR) is 149 cm³/mol. The van der Waals surface area contributed by atoms with Crippen molar-refractivity contribution in [3.05, 3.63) is 71.3 Å². The molecule has 13 heteroatoms. The van der Waals surface area contributed by atoms with Gasteiger partial charge in [-0.3, -0.25) is 20.0 Å². The lowest BCUT2D eigenvalue weighted by Gasteiger charge is -2.22. The van der Waals surface area contributed by atoms with Gasteiger partial charge in [-0.1, -0.05) is 12.1 Å². The van der Waals surface area contributed by atoms with Crippen molar-refractivity contribution in [2.75, 3.05) is 43.4 Å². The minimum Gasteiger partial charge on any atom is -0.507 e. The van der Waals surface area contributed by atoms with Crippen LogP contribution in [0.15, 0.2) is 54.6 Å². The molecule has 0 aliphatic rings. The van der Waals surface area contributed by atoms with E-state index in [1.807, 2.05) is 6.07 Å². The zero-order valence-corrected chi connectivity index (χ0v) is 22.4. The number of nitrogens with zero attached hydrogens (tertiary/aromatic N) is 3. The molecule has 41 heavy (non-hydrogen) atoms. The molecule has 0 bridgehead atoms. The minimum absolute atomic E-state index is 0.0619. The average molecular weight is 560 g/mol. The molecular weight excluding hydrogens is 534 g/mol. The van der Waals surface area contributed by atoms with Crippen molar-refractivity contribution in [3.63, 3.8) is 0 Å². The molecule has 0 saturated carbocycles. The van der Waals surface area contributed by atoms with Crippen LogP contribution in [0.25, 0.3) is 11.1 Å². The molecule has 0 aliphatic heterocycles. The molecule has 3 aromatic rings. The van der Waals surface area contributed by atoms with E-state index in [1.165, 1.54) is 57.5 Å². The average Bonchev–Trinajstić information content (AvgIpc) is 2.99. The van der Waals surface area contributed by atoms with Gasteiger partial charge < -0.3 is 25.0 Å². The molecule has 0 unspecified atom stereocenters. The summed E-state index contributed by atoms with van der Waals surface area (Å²) in [5.74, 6) is -2.95. The number of aromatic hydroxyl groups is 1. The van der Waals surface area contributed by atoms with Crippen LogP contribution in [0.5, 0.6) is 5.75 Å². The quantitative estimate of drug-likeness (QED) is 0.309. The van der Waals surface area contributed by atoms with Crippen LogP contribution in [0.1, 0.15) is 21.5 Å². The summed E-state index contributed by atoms with van der Waals surface area (Å²) in [4.78, 5) is 51.2. The van der Waals surface area contributed by atoms with Gasteiger partial charge >= 0.3 is 18.2 Å². The zero-order chi connectivity index (χ0) is 30.4. The fourth-order valence-corrected chi connectivity index (χ4v) is 3.84. The molecular formula is C28H25N5O8. The Morgan fingerprint density at radius 3 is 2.07 bits per heavy atom. The number of carbonyl (C=O) groups is 4. The first-order valence-corrected chi connectivity index (χ1v) is 11.7. The molecule has 4 N–H and O–H groups in total. The maximum absolute atomic E-state index is 13.0. The number of carbonyl (C=O) groups excluding carboxylic acids is 3. The summed E-state index contributed by atoms with van der Waals surface area (Å²) >= 11 is 0. The molecule has 0 fully saturated rings. The van der Waals surface area contributed by atoms with Gasteiger partial charge in [0.15, 0.2) is 0 Å². The van der Waals surface area contributed by atoms with Crippen molar-refractivity contribution in [2.24, 2.45) is 0 Å². The topological polar surface area (TPSA) is 193 Å². The van der Waals surface area contributed by atoms with Crippen LogP contribution in [0.3, 0.4) is 0 Å². The SMILES string of the molecule is COC(=O)N(C)c1ccc(-c2cc(C(=N)C(=O)Nc3ccc(C#N)cc3C(=O)O)c(O)cc2N(C)C(=O)OC)cc1. The van der Waals surface area contributed by atoms with E-state index < -0.39 is 35.5 Å². The maximum Gasteiger partial charge on any atom is 0.413 e. The van der Waals surface area contributed by atoms with Crippen LogP contribution in [-0.4, -0.2) is 68.3 Å². The van der Waals surface area contributed by atoms with Crippen molar-refractivity contribution < 1.29 is 38.9 Å². The predicted octanol–water partition coefficient (Wildman–Crippen LogP) is 4.04. The number of carboxylic acid groups (broad SMARTS) is 1. The molecule has 0 saturated heterocycles. The Morgan fingerprint density at radius 2 is 1.51 bits per heavy atom. The van der Waals surface area contributed by atoms with Crippen molar-refractivity contribution in [1.29, 1.82) is 10.7 Å². The summed E-state index contributed by atoms with van der Waals surface area (Å²) < 4.78 is 9.50. The van der Waals surface area contributed by atoms with E-state index in [1.54, 1.807) is 24.3 Å². The molecule has 0 aromatic heterocycles. The normalized spacial score (nSPS) is 10.1. The number of aromatic carboxylic acids is 1. The number of methoxy groups -OCH3 is 2. The van der Waals surface area contributed by atoms with Gasteiger partial charge in [0.25, 0.3) is 5.91 Å². The van der Waals surface area contributed by atoms with Gasteiger partial charge in [0.1, 0.15) is 11.5 Å². The molecule has 210 valence electrons. The van der Waals surface area contributed by atoms with Crippen molar-refractivity contribution in [1.82, 2.24) is 0 Å². The molecule has 3 aromatic carbocycles. The summed E-state index contributed by atoms with van der Waals surface area (Å²) in [5, 5.41) is 40.1. The van der Waals surface area contributed by atoms with E-state index in [0.717, 1.165) is 11.0 Å². The van der Waals surface area contributed by atoms with Crippen LogP contribution in [0, 0.1) is 16.7 Å². The van der Waals surface area contributed by atoms with Crippen molar-refractivity contribution in [3.8, 4) is 22.9 Å². The van der Waals surface area contributed by atoms with Crippen LogP contribution in [-0.2, 0) is 14.3 Å². The standard InChI is InChI=1S/C28H25N5O8/c1-32(27(38)40-3)17-8-6-16(7-9-17)18-12-20(23(34)13-22(18)33(2)28(39)41-4)24(30)25(35)31-21-10-5-15(14-29)11-19(21)26(36)37/h5-13,30,34H,1-4H3,(H,31,35)(H,36,37). The maximum atomic E-state index is 13.0. The third-order valence-electron chi connectivity index (χ3n) is 6.06. The number of amides is 3. The lowest BCUT2D eigenvalue weighted by Crippen LogP contribution is -2.27. The van der Waals surface area contributed by atoms with E-state index in [4.69, 9.17) is 20.1 Å². The highest BCUT2D eigenvalue weighted by atomic mass is 16.5. The second-order valence-corrected chi connectivity index (χ2v) is 8.50. The van der Waals surface area contributed by atoms with E-state index in [0.29, 0.717) is 16.8 Å². The van der Waals surface area contributed by atoms with Crippen LogP contribution < -0.4 is 15.1 Å². The van der Waals surface area contributed by atoms with Crippen molar-refractivity contribution in [2.45, 2.75) is 0 Å². The fraction of sp³-hybridized carbons (Fsp3) is 0.143. The van der Waals surface area contributed by atoms with Crippen LogP contribution in [0.2, 0.25) is 0 Å². The van der Waals surface area contributed by atoms with Crippen LogP contribution in [0.4, 0.5) is 26.7 Å². The van der Waals surface area contributed by atoms with Gasteiger partial charge in [-0.15, -0.1) is 0 Å². The third-order valence-corrected chi connectivity index (χ3v) is 6.06. The molecule has 13 nitrogen and oxygen atoms in total. The molecule has 0 aliphatic carbocycles. The Bertz CT molecular complexity index is 1590. The van der Waals surface area contributed by atoms with E-state index in [2.05, 4.69) is 5.32 Å². The molecule has 0 radical (unpaired) electrons. The lowest BCUT2D eigenvalue weighted by atomic mass is 9.96. The number of hydrogen-bond acceptors (Lipinski definition) is 9. The smallest absolute Gasteiger partial charge is 0.413 e. The third kappa shape index (κ3) is 6.23. The van der Waals surface area contributed by atoms with Gasteiger partial charge in [0, 0.05) is 37.0 Å². The number of hydrogen-bond donors (Lipinski definition) is 4. The molecule has 0 spiro atoms. The number of nitrogens with one attached hydrogen (secondary N) is 2. The summed E-state index contributed by atoms with van der Waals surface area (Å²) in [6, 6.07) is 14.4. The van der Waals surface area contributed by atoms with Gasteiger partial charge in [0.05, 0.1) is 42.8 Å². The number of rotatable bonds is 7. The highest BCUT2D eigenvalue weighted by molar-refractivity contribution is 6.48. The highest BCUT2D eigenvalue weighted by Gasteiger charge is 2.24. The summed E-state index contributed by atoms with van der Waals surface area (Å²) in [6.07, 6.45) is -1.35. The number of phenolic OH excluding ortho intramolecular Hbond substituents is 1. The van der Waals surface area contributed by atoms with Crippen molar-refractivity contribution >= 4 is 46.8 Å². The number of benzene rings is 3. The number of nitriles is 1. The number of phenols is 1. The number of ether oxygens (including phenoxy) is 2. The zero-order valence-electron chi connectivity index (χ0n) is 22.4. The first-order chi connectivity index (χ1) is 19.4. The van der Waals surface area contributed by atoms with E-state index in [-0.39, 0.29) is 28.1 Å². The summed E-state index contributed by atoms with van der Waals surface area (Å²) in [7, 11) is 5.34. The second-order valence-electron chi connectivity index (χ2n) is 8.50. The van der Waals surface area contributed by atoms with Gasteiger partial charge in [-0.05, 0) is 42.0 Å². The Balaban J connectivity index is 2.07. The number of carboxylic acids is 1. The largest absolute Gasteiger partial charge is 0.507 e. The van der Waals surface area contributed by atoms with Gasteiger partial charge in [0.2, 0.25) is 0 Å². The lowest BCUT2D eigenvalue weighted by molar-refractivity contribution is -0.110.